The van der Waals surface area contributed by atoms with Gasteiger partial charge in [0.2, 0.25) is 0 Å². The largest absolute Gasteiger partial charge is 0.303 e. The van der Waals surface area contributed by atoms with E-state index in [-0.39, 0.29) is 5.41 Å². The van der Waals surface area contributed by atoms with Gasteiger partial charge in [0.1, 0.15) is 5.78 Å². The summed E-state index contributed by atoms with van der Waals surface area (Å²) in [7, 11) is 0. The minimum atomic E-state index is -0.181. The van der Waals surface area contributed by atoms with Crippen LogP contribution >= 0.6 is 0 Å². The molecule has 1 saturated heterocycles. The normalized spacial score (nSPS) is 23.2. The van der Waals surface area contributed by atoms with Crippen molar-refractivity contribution in [1.82, 2.24) is 4.90 Å². The van der Waals surface area contributed by atoms with E-state index < -0.39 is 0 Å². The van der Waals surface area contributed by atoms with Gasteiger partial charge in [0.25, 0.3) is 0 Å². The number of carbonyl (C=O) groups excluding carboxylic acids is 1. The highest BCUT2D eigenvalue weighted by Gasteiger charge is 2.27. The van der Waals surface area contributed by atoms with Crippen molar-refractivity contribution in [2.24, 2.45) is 16.7 Å². The van der Waals surface area contributed by atoms with Crippen LogP contribution in [0.4, 0.5) is 0 Å². The molecule has 0 N–H and O–H groups in total. The van der Waals surface area contributed by atoms with E-state index in [0.29, 0.717) is 17.6 Å². The van der Waals surface area contributed by atoms with E-state index in [4.69, 9.17) is 0 Å². The van der Waals surface area contributed by atoms with Crippen LogP contribution in [-0.4, -0.2) is 30.3 Å². The first-order valence-corrected chi connectivity index (χ1v) is 7.86. The summed E-state index contributed by atoms with van der Waals surface area (Å²) in [4.78, 5) is 14.5. The molecule has 0 aromatic heterocycles. The van der Waals surface area contributed by atoms with E-state index in [0.717, 1.165) is 12.5 Å². The van der Waals surface area contributed by atoms with Gasteiger partial charge >= 0.3 is 0 Å². The van der Waals surface area contributed by atoms with Crippen molar-refractivity contribution in [2.45, 2.75) is 67.2 Å². The van der Waals surface area contributed by atoms with Gasteiger partial charge in [-0.3, -0.25) is 4.79 Å². The summed E-state index contributed by atoms with van der Waals surface area (Å²) in [5, 5.41) is 0. The van der Waals surface area contributed by atoms with Gasteiger partial charge in [-0.2, -0.15) is 0 Å². The Kier molecular flexibility index (Phi) is 5.61. The molecule has 0 amide bonds. The van der Waals surface area contributed by atoms with Crippen molar-refractivity contribution < 1.29 is 4.79 Å². The predicted octanol–water partition coefficient (Wildman–Crippen LogP) is 4.14. The number of nitrogens with zero attached hydrogens (tertiary/aromatic N) is 1. The highest BCUT2D eigenvalue weighted by Crippen LogP contribution is 2.34. The third-order valence-electron chi connectivity index (χ3n) is 4.54. The van der Waals surface area contributed by atoms with E-state index in [1.165, 1.54) is 32.4 Å². The number of rotatable bonds is 3. The van der Waals surface area contributed by atoms with Gasteiger partial charge in [-0.05, 0) is 43.7 Å². The summed E-state index contributed by atoms with van der Waals surface area (Å²) in [5.74, 6) is 1.22. The van der Waals surface area contributed by atoms with Crippen LogP contribution in [-0.2, 0) is 4.79 Å². The highest BCUT2D eigenvalue weighted by molar-refractivity contribution is 5.83. The minimum Gasteiger partial charge on any atom is -0.303 e. The highest BCUT2D eigenvalue weighted by atomic mass is 16.1. The van der Waals surface area contributed by atoms with Crippen LogP contribution in [0.3, 0.4) is 0 Å². The summed E-state index contributed by atoms with van der Waals surface area (Å²) in [6, 6.07) is 0. The van der Waals surface area contributed by atoms with E-state index >= 15 is 0 Å². The summed E-state index contributed by atoms with van der Waals surface area (Å²) < 4.78 is 0. The Morgan fingerprint density at radius 1 is 1.05 bits per heavy atom. The molecule has 0 aliphatic carbocycles. The maximum absolute atomic E-state index is 12.0. The van der Waals surface area contributed by atoms with Crippen molar-refractivity contribution >= 4 is 5.78 Å². The van der Waals surface area contributed by atoms with Gasteiger partial charge in [0, 0.05) is 18.4 Å². The monoisotopic (exact) mass is 267 g/mol. The van der Waals surface area contributed by atoms with Crippen molar-refractivity contribution in [3.05, 3.63) is 0 Å². The molecule has 0 radical (unpaired) electrons. The number of ketones is 1. The van der Waals surface area contributed by atoms with Crippen LogP contribution in [0.2, 0.25) is 0 Å². The zero-order chi connectivity index (χ0) is 14.7. The molecule has 0 bridgehead atoms. The second-order valence-electron chi connectivity index (χ2n) is 8.26. The fraction of sp³-hybridized carbons (Fsp3) is 0.941. The standard InChI is InChI=1S/C17H33NO/c1-16(2,3)14-8-7-11-18(12-9-14)13-10-15(19)17(4,5)6/h14H,7-13H2,1-6H3. The third kappa shape index (κ3) is 5.64. The zero-order valence-electron chi connectivity index (χ0n) is 13.9. The second-order valence-corrected chi connectivity index (χ2v) is 8.26. The molecule has 1 atom stereocenters. The van der Waals surface area contributed by atoms with E-state index in [1.54, 1.807) is 0 Å². The molecule has 0 spiro atoms. The molecule has 1 heterocycles. The molecule has 2 heteroatoms. The number of Topliss-reactive ketones (excluding diaryl/α,β-unsaturated/α-hetero) is 1. The molecule has 0 aromatic carbocycles. The second kappa shape index (κ2) is 6.39. The Morgan fingerprint density at radius 2 is 1.68 bits per heavy atom. The molecule has 0 saturated carbocycles. The van der Waals surface area contributed by atoms with Crippen molar-refractivity contribution in [3.63, 3.8) is 0 Å². The van der Waals surface area contributed by atoms with E-state index in [1.807, 2.05) is 20.8 Å². The number of hydrogen-bond donors (Lipinski definition) is 0. The van der Waals surface area contributed by atoms with Gasteiger partial charge in [-0.25, -0.2) is 0 Å². The van der Waals surface area contributed by atoms with Gasteiger partial charge in [0.15, 0.2) is 0 Å². The molecular formula is C17H33NO. The Balaban J connectivity index is 2.40. The van der Waals surface area contributed by atoms with Crippen LogP contribution < -0.4 is 0 Å². The smallest absolute Gasteiger partial charge is 0.139 e. The van der Waals surface area contributed by atoms with Crippen LogP contribution in [0.15, 0.2) is 0 Å². The average Bonchev–Trinajstić information content (AvgIpc) is 2.48. The van der Waals surface area contributed by atoms with Crippen LogP contribution in [0.25, 0.3) is 0 Å². The Hall–Kier alpha value is -0.370. The van der Waals surface area contributed by atoms with Gasteiger partial charge < -0.3 is 4.90 Å². The zero-order valence-corrected chi connectivity index (χ0v) is 13.9. The minimum absolute atomic E-state index is 0.181. The predicted molar refractivity (Wildman–Crippen MR) is 82.3 cm³/mol. The molecule has 1 aliphatic heterocycles. The molecule has 1 aliphatic rings. The van der Waals surface area contributed by atoms with Gasteiger partial charge in [0.05, 0.1) is 0 Å². The fourth-order valence-corrected chi connectivity index (χ4v) is 2.88. The van der Waals surface area contributed by atoms with Gasteiger partial charge in [-0.1, -0.05) is 41.5 Å². The van der Waals surface area contributed by atoms with Crippen molar-refractivity contribution in [1.29, 1.82) is 0 Å². The molecule has 1 fully saturated rings. The summed E-state index contributed by atoms with van der Waals surface area (Å²) in [6.45, 7) is 16.4. The SMILES string of the molecule is CC(C)(C)C(=O)CCN1CCCC(C(C)(C)C)CC1. The lowest BCUT2D eigenvalue weighted by molar-refractivity contribution is -0.126. The first kappa shape index (κ1) is 16.7. The summed E-state index contributed by atoms with van der Waals surface area (Å²) >= 11 is 0. The Morgan fingerprint density at radius 3 is 2.21 bits per heavy atom. The fourth-order valence-electron chi connectivity index (χ4n) is 2.88. The molecule has 2 nitrogen and oxygen atoms in total. The number of hydrogen-bond acceptors (Lipinski definition) is 2. The van der Waals surface area contributed by atoms with E-state index in [2.05, 4.69) is 25.7 Å². The first-order valence-electron chi connectivity index (χ1n) is 7.86. The lowest BCUT2D eigenvalue weighted by Crippen LogP contribution is -2.31. The average molecular weight is 267 g/mol. The summed E-state index contributed by atoms with van der Waals surface area (Å²) in [6.07, 6.45) is 4.62. The Labute approximate surface area is 119 Å². The Bertz CT molecular complexity index is 295. The maximum atomic E-state index is 12.0. The molecule has 112 valence electrons. The number of likely N-dealkylation sites (tertiary alicyclic amines) is 1. The van der Waals surface area contributed by atoms with Gasteiger partial charge in [-0.15, -0.1) is 0 Å². The topological polar surface area (TPSA) is 20.3 Å². The molecule has 1 unspecified atom stereocenters. The molecular weight excluding hydrogens is 234 g/mol. The third-order valence-corrected chi connectivity index (χ3v) is 4.54. The molecule has 0 aromatic rings. The van der Waals surface area contributed by atoms with Crippen molar-refractivity contribution in [3.8, 4) is 0 Å². The maximum Gasteiger partial charge on any atom is 0.139 e. The first-order chi connectivity index (χ1) is 8.60. The van der Waals surface area contributed by atoms with Crippen LogP contribution in [0, 0.1) is 16.7 Å². The summed E-state index contributed by atoms with van der Waals surface area (Å²) in [5.41, 5.74) is 0.247. The van der Waals surface area contributed by atoms with E-state index in [9.17, 15) is 4.79 Å². The van der Waals surface area contributed by atoms with Crippen molar-refractivity contribution in [2.75, 3.05) is 19.6 Å². The van der Waals surface area contributed by atoms with Crippen LogP contribution in [0.5, 0.6) is 0 Å². The molecule has 19 heavy (non-hydrogen) atoms. The van der Waals surface area contributed by atoms with Crippen LogP contribution in [0.1, 0.15) is 67.2 Å². The number of carbonyl (C=O) groups is 1. The molecule has 1 rings (SSSR count). The lowest BCUT2D eigenvalue weighted by Gasteiger charge is -2.30. The lowest BCUT2D eigenvalue weighted by atomic mass is 9.77. The quantitative estimate of drug-likeness (QED) is 0.766.